The van der Waals surface area contributed by atoms with Crippen molar-refractivity contribution in [2.24, 2.45) is 10.1 Å². The normalized spacial score (nSPS) is 35.4. The lowest BCUT2D eigenvalue weighted by molar-refractivity contribution is -0.302. The minimum Gasteiger partial charge on any atom is -0.389 e. The standard InChI is InChI=1S/C15H16N4O5/c1-17-14(21)13-11(20)10(18-19-16)12-9(23-13)7-22-15(24-12)8-5-3-2-4-6-8/h2-6,9-13,15,20H,1,7H2/t9-,10?,11-,12+,13-,15?/m1/s1. The molecule has 2 heterocycles. The maximum atomic E-state index is 11.8. The molecule has 0 bridgehead atoms. The van der Waals surface area contributed by atoms with E-state index in [1.807, 2.05) is 30.3 Å². The number of aliphatic imine (C=N–C) groups is 1. The van der Waals surface area contributed by atoms with Crippen molar-refractivity contribution in [2.75, 3.05) is 6.61 Å². The molecule has 1 N–H and O–H groups in total. The molecule has 9 heteroatoms. The van der Waals surface area contributed by atoms with E-state index >= 15 is 0 Å². The first-order valence-corrected chi connectivity index (χ1v) is 7.36. The van der Waals surface area contributed by atoms with Crippen LogP contribution in [0.3, 0.4) is 0 Å². The number of carbonyl (C=O) groups is 1. The van der Waals surface area contributed by atoms with Crippen molar-refractivity contribution in [3.05, 3.63) is 46.3 Å². The van der Waals surface area contributed by atoms with Gasteiger partial charge in [-0.25, -0.2) is 4.99 Å². The fourth-order valence-electron chi connectivity index (χ4n) is 2.88. The van der Waals surface area contributed by atoms with Crippen molar-refractivity contribution < 1.29 is 24.1 Å². The van der Waals surface area contributed by atoms with E-state index in [4.69, 9.17) is 19.7 Å². The Morgan fingerprint density at radius 1 is 1.33 bits per heavy atom. The monoisotopic (exact) mass is 332 g/mol. The summed E-state index contributed by atoms with van der Waals surface area (Å²) < 4.78 is 17.0. The first-order chi connectivity index (χ1) is 11.7. The Labute approximate surface area is 137 Å². The van der Waals surface area contributed by atoms with Crippen LogP contribution in [0.15, 0.2) is 40.4 Å². The molecule has 126 valence electrons. The van der Waals surface area contributed by atoms with Gasteiger partial charge < -0.3 is 19.3 Å². The molecule has 2 fully saturated rings. The number of hydrogen-bond donors (Lipinski definition) is 1. The van der Waals surface area contributed by atoms with E-state index < -0.39 is 42.7 Å². The van der Waals surface area contributed by atoms with Crippen LogP contribution in [-0.2, 0) is 19.0 Å². The summed E-state index contributed by atoms with van der Waals surface area (Å²) in [6.45, 7) is 3.26. The third kappa shape index (κ3) is 3.03. The number of amides is 1. The van der Waals surface area contributed by atoms with Gasteiger partial charge in [0.05, 0.1) is 12.6 Å². The van der Waals surface area contributed by atoms with Gasteiger partial charge in [-0.1, -0.05) is 35.4 Å². The molecule has 9 nitrogen and oxygen atoms in total. The number of fused-ring (bicyclic) bond motifs is 1. The van der Waals surface area contributed by atoms with E-state index in [1.165, 1.54) is 0 Å². The molecule has 6 atom stereocenters. The summed E-state index contributed by atoms with van der Waals surface area (Å²) >= 11 is 0. The Morgan fingerprint density at radius 2 is 2.08 bits per heavy atom. The highest BCUT2D eigenvalue weighted by molar-refractivity contribution is 5.85. The first-order valence-electron chi connectivity index (χ1n) is 7.36. The molecule has 0 saturated carbocycles. The highest BCUT2D eigenvalue weighted by Crippen LogP contribution is 2.35. The van der Waals surface area contributed by atoms with Crippen LogP contribution in [0.25, 0.3) is 10.4 Å². The van der Waals surface area contributed by atoms with Gasteiger partial charge >= 0.3 is 0 Å². The molecule has 2 aliphatic heterocycles. The molecule has 1 aromatic carbocycles. The second-order valence-corrected chi connectivity index (χ2v) is 5.45. The second kappa shape index (κ2) is 7.08. The molecule has 0 aromatic heterocycles. The predicted molar refractivity (Wildman–Crippen MR) is 82.2 cm³/mol. The number of carbonyl (C=O) groups excluding carboxylic acids is 1. The number of azide groups is 1. The molecule has 2 aliphatic rings. The number of hydrogen-bond acceptors (Lipinski definition) is 6. The van der Waals surface area contributed by atoms with Gasteiger partial charge in [0.15, 0.2) is 12.4 Å². The summed E-state index contributed by atoms with van der Waals surface area (Å²) in [5.41, 5.74) is 9.58. The zero-order valence-electron chi connectivity index (χ0n) is 12.6. The molecular formula is C15H16N4O5. The lowest BCUT2D eigenvalue weighted by Crippen LogP contribution is -2.62. The van der Waals surface area contributed by atoms with Crippen molar-refractivity contribution in [3.63, 3.8) is 0 Å². The fourth-order valence-corrected chi connectivity index (χ4v) is 2.88. The van der Waals surface area contributed by atoms with Crippen LogP contribution in [0.5, 0.6) is 0 Å². The van der Waals surface area contributed by atoms with Gasteiger partial charge in [-0.05, 0) is 12.2 Å². The predicted octanol–water partition coefficient (Wildman–Crippen LogP) is 1.13. The minimum atomic E-state index is -1.38. The number of nitrogens with zero attached hydrogens (tertiary/aromatic N) is 4. The van der Waals surface area contributed by atoms with E-state index in [0.29, 0.717) is 0 Å². The maximum absolute atomic E-state index is 11.8. The molecular weight excluding hydrogens is 316 g/mol. The van der Waals surface area contributed by atoms with E-state index in [-0.39, 0.29) is 6.61 Å². The number of benzene rings is 1. The fraction of sp³-hybridized carbons (Fsp3) is 0.467. The van der Waals surface area contributed by atoms with E-state index in [2.05, 4.69) is 21.7 Å². The molecule has 2 unspecified atom stereocenters. The van der Waals surface area contributed by atoms with Gasteiger partial charge in [-0.3, -0.25) is 4.79 Å². The van der Waals surface area contributed by atoms with E-state index in [1.54, 1.807) is 0 Å². The van der Waals surface area contributed by atoms with Gasteiger partial charge in [-0.15, -0.1) is 0 Å². The van der Waals surface area contributed by atoms with Crippen LogP contribution in [-0.4, -0.2) is 54.8 Å². The third-order valence-electron chi connectivity index (χ3n) is 4.03. The Balaban J connectivity index is 1.85. The Morgan fingerprint density at radius 3 is 2.75 bits per heavy atom. The van der Waals surface area contributed by atoms with Crippen LogP contribution < -0.4 is 0 Å². The highest BCUT2D eigenvalue weighted by atomic mass is 16.7. The van der Waals surface area contributed by atoms with Gasteiger partial charge in [0.1, 0.15) is 18.3 Å². The number of ether oxygens (including phenoxy) is 3. The van der Waals surface area contributed by atoms with Crippen LogP contribution in [0.4, 0.5) is 0 Å². The summed E-state index contributed by atoms with van der Waals surface area (Å²) in [6.07, 6.45) is -4.73. The average molecular weight is 332 g/mol. The van der Waals surface area contributed by atoms with E-state index in [9.17, 15) is 9.90 Å². The average Bonchev–Trinajstić information content (AvgIpc) is 2.63. The minimum absolute atomic E-state index is 0.120. The summed E-state index contributed by atoms with van der Waals surface area (Å²) in [6, 6.07) is 8.22. The molecule has 1 amide bonds. The highest BCUT2D eigenvalue weighted by Gasteiger charge is 2.51. The van der Waals surface area contributed by atoms with Gasteiger partial charge in [-0.2, -0.15) is 0 Å². The Hall–Kier alpha value is -2.29. The van der Waals surface area contributed by atoms with Crippen molar-refractivity contribution in [1.29, 1.82) is 0 Å². The quantitative estimate of drug-likeness (QED) is 0.384. The topological polar surface area (TPSA) is 126 Å². The maximum Gasteiger partial charge on any atom is 0.276 e. The molecule has 0 radical (unpaired) electrons. The zero-order chi connectivity index (χ0) is 17.1. The lowest BCUT2D eigenvalue weighted by atomic mass is 9.92. The van der Waals surface area contributed by atoms with Crippen LogP contribution >= 0.6 is 0 Å². The van der Waals surface area contributed by atoms with Gasteiger partial charge in [0, 0.05) is 10.5 Å². The summed E-state index contributed by atoms with van der Waals surface area (Å²) in [5, 5.41) is 13.9. The zero-order valence-corrected chi connectivity index (χ0v) is 12.6. The second-order valence-electron chi connectivity index (χ2n) is 5.45. The smallest absolute Gasteiger partial charge is 0.276 e. The van der Waals surface area contributed by atoms with Gasteiger partial charge in [0.25, 0.3) is 5.91 Å². The first kappa shape index (κ1) is 16.6. The van der Waals surface area contributed by atoms with Crippen molar-refractivity contribution >= 4 is 12.6 Å². The summed E-state index contributed by atoms with van der Waals surface area (Å²) in [5.74, 6) is -0.732. The van der Waals surface area contributed by atoms with Crippen LogP contribution in [0.1, 0.15) is 11.9 Å². The van der Waals surface area contributed by atoms with Crippen LogP contribution in [0.2, 0.25) is 0 Å². The molecule has 0 aliphatic carbocycles. The summed E-state index contributed by atoms with van der Waals surface area (Å²) in [4.78, 5) is 17.8. The molecule has 0 spiro atoms. The Kier molecular flexibility index (Phi) is 4.89. The molecule has 24 heavy (non-hydrogen) atoms. The number of aliphatic hydroxyl groups excluding tert-OH is 1. The van der Waals surface area contributed by atoms with Crippen molar-refractivity contribution in [3.8, 4) is 0 Å². The summed E-state index contributed by atoms with van der Waals surface area (Å²) in [7, 11) is 0. The number of aliphatic hydroxyl groups is 1. The third-order valence-corrected chi connectivity index (χ3v) is 4.03. The van der Waals surface area contributed by atoms with E-state index in [0.717, 1.165) is 5.56 Å². The van der Waals surface area contributed by atoms with Crippen molar-refractivity contribution in [2.45, 2.75) is 36.7 Å². The molecule has 1 aromatic rings. The molecule has 2 saturated heterocycles. The molecule has 3 rings (SSSR count). The van der Waals surface area contributed by atoms with Crippen LogP contribution in [0, 0.1) is 0 Å². The number of rotatable bonds is 3. The van der Waals surface area contributed by atoms with Gasteiger partial charge in [0.2, 0.25) is 0 Å². The van der Waals surface area contributed by atoms with Crippen molar-refractivity contribution in [1.82, 2.24) is 0 Å². The largest absolute Gasteiger partial charge is 0.389 e. The SMILES string of the molecule is C=NC(=O)[C@@H]1O[C@@H]2COC(c3ccccc3)O[C@@H]2C(N=[N+]=[N-])[C@H]1O. The lowest BCUT2D eigenvalue weighted by Gasteiger charge is -2.46. The Bertz CT molecular complexity index is 663.